The molecule has 1 fully saturated rings. The Balaban J connectivity index is 1.92. The molecule has 1 saturated heterocycles. The predicted molar refractivity (Wildman–Crippen MR) is 127 cm³/mol. The van der Waals surface area contributed by atoms with Gasteiger partial charge in [-0.1, -0.05) is 23.8 Å². The van der Waals surface area contributed by atoms with Gasteiger partial charge in [0.15, 0.2) is 11.5 Å². The maximum Gasteiger partial charge on any atom is 0.295 e. The standard InChI is InChI=1S/C27H26N2O5/c1-4-34-22-14-19(7-8-21(22)30)24-23(25(31)20-13-16(2)5-6-17(20)3)26(32)27(33)29(24)15-18-9-11-28-12-10-18/h5-14,24,30-31H,4,15H2,1-3H3/b25-23+. The van der Waals surface area contributed by atoms with E-state index in [1.165, 1.54) is 11.0 Å². The third-order valence-corrected chi connectivity index (χ3v) is 5.89. The van der Waals surface area contributed by atoms with E-state index >= 15 is 0 Å². The number of rotatable bonds is 6. The minimum Gasteiger partial charge on any atom is -0.507 e. The number of pyridine rings is 1. The van der Waals surface area contributed by atoms with Gasteiger partial charge in [0.1, 0.15) is 5.76 Å². The zero-order valence-electron chi connectivity index (χ0n) is 19.3. The van der Waals surface area contributed by atoms with E-state index in [4.69, 9.17) is 4.74 Å². The largest absolute Gasteiger partial charge is 0.507 e. The number of aliphatic hydroxyl groups is 1. The summed E-state index contributed by atoms with van der Waals surface area (Å²) in [5.41, 5.74) is 3.52. The lowest BCUT2D eigenvalue weighted by atomic mass is 9.93. The fraction of sp³-hybridized carbons (Fsp3) is 0.222. The fourth-order valence-corrected chi connectivity index (χ4v) is 4.18. The van der Waals surface area contributed by atoms with Crippen molar-refractivity contribution >= 4 is 17.4 Å². The Morgan fingerprint density at radius 3 is 2.50 bits per heavy atom. The van der Waals surface area contributed by atoms with Crippen molar-refractivity contribution in [2.75, 3.05) is 6.61 Å². The van der Waals surface area contributed by atoms with Crippen LogP contribution in [0.5, 0.6) is 11.5 Å². The number of phenols is 1. The number of nitrogens with zero attached hydrogens (tertiary/aromatic N) is 2. The minimum absolute atomic E-state index is 0.000828. The number of carbonyl (C=O) groups is 2. The average molecular weight is 459 g/mol. The Bertz CT molecular complexity index is 1280. The molecule has 1 unspecified atom stereocenters. The molecule has 0 aliphatic carbocycles. The minimum atomic E-state index is -0.868. The van der Waals surface area contributed by atoms with Gasteiger partial charge in [-0.05, 0) is 67.8 Å². The van der Waals surface area contributed by atoms with Crippen molar-refractivity contribution in [1.29, 1.82) is 0 Å². The number of amides is 1. The molecule has 1 aliphatic rings. The molecule has 0 saturated carbocycles. The Labute approximate surface area is 198 Å². The highest BCUT2D eigenvalue weighted by Gasteiger charge is 2.46. The van der Waals surface area contributed by atoms with Gasteiger partial charge >= 0.3 is 0 Å². The molecule has 2 heterocycles. The van der Waals surface area contributed by atoms with E-state index in [1.54, 1.807) is 49.6 Å². The van der Waals surface area contributed by atoms with Gasteiger partial charge in [0.2, 0.25) is 0 Å². The molecule has 34 heavy (non-hydrogen) atoms. The summed E-state index contributed by atoms with van der Waals surface area (Å²) >= 11 is 0. The van der Waals surface area contributed by atoms with E-state index in [2.05, 4.69) is 4.98 Å². The Morgan fingerprint density at radius 2 is 1.79 bits per heavy atom. The molecule has 174 valence electrons. The van der Waals surface area contributed by atoms with E-state index < -0.39 is 17.7 Å². The van der Waals surface area contributed by atoms with Gasteiger partial charge in [-0.15, -0.1) is 0 Å². The van der Waals surface area contributed by atoms with Gasteiger partial charge in [0, 0.05) is 24.5 Å². The Kier molecular flexibility index (Phi) is 6.36. The topological polar surface area (TPSA) is 100.0 Å². The number of ether oxygens (including phenoxy) is 1. The van der Waals surface area contributed by atoms with Gasteiger partial charge in [-0.3, -0.25) is 14.6 Å². The van der Waals surface area contributed by atoms with Crippen molar-refractivity contribution in [1.82, 2.24) is 9.88 Å². The number of aromatic hydroxyl groups is 1. The first-order chi connectivity index (χ1) is 16.3. The Morgan fingerprint density at radius 1 is 1.06 bits per heavy atom. The third-order valence-electron chi connectivity index (χ3n) is 5.89. The quantitative estimate of drug-likeness (QED) is 0.322. The molecule has 3 aromatic rings. The van der Waals surface area contributed by atoms with Crippen molar-refractivity contribution in [3.05, 3.63) is 94.3 Å². The zero-order chi connectivity index (χ0) is 24.4. The predicted octanol–water partition coefficient (Wildman–Crippen LogP) is 4.42. The van der Waals surface area contributed by atoms with E-state index in [9.17, 15) is 19.8 Å². The number of phenolic OH excluding ortho intramolecular Hbond substituents is 1. The summed E-state index contributed by atoms with van der Waals surface area (Å²) in [6.45, 7) is 6.00. The lowest BCUT2D eigenvalue weighted by Gasteiger charge is -2.26. The summed E-state index contributed by atoms with van der Waals surface area (Å²) in [4.78, 5) is 31.9. The zero-order valence-corrected chi connectivity index (χ0v) is 19.3. The molecule has 2 aromatic carbocycles. The summed E-state index contributed by atoms with van der Waals surface area (Å²) in [6, 6.07) is 12.9. The van der Waals surface area contributed by atoms with Crippen LogP contribution in [0, 0.1) is 13.8 Å². The van der Waals surface area contributed by atoms with E-state index in [1.807, 2.05) is 26.0 Å². The first-order valence-electron chi connectivity index (χ1n) is 11.0. The van der Waals surface area contributed by atoms with Crippen LogP contribution in [0.2, 0.25) is 0 Å². The van der Waals surface area contributed by atoms with Crippen LogP contribution in [0.1, 0.15) is 40.8 Å². The highest BCUT2D eigenvalue weighted by molar-refractivity contribution is 6.46. The summed E-state index contributed by atoms with van der Waals surface area (Å²) < 4.78 is 5.53. The van der Waals surface area contributed by atoms with E-state index in [-0.39, 0.29) is 29.4 Å². The summed E-state index contributed by atoms with van der Waals surface area (Å²) in [6.07, 6.45) is 3.23. The summed E-state index contributed by atoms with van der Waals surface area (Å²) in [7, 11) is 0. The van der Waals surface area contributed by atoms with Crippen molar-refractivity contribution < 1.29 is 24.5 Å². The molecule has 0 spiro atoms. The number of hydrogen-bond donors (Lipinski definition) is 2. The summed E-state index contributed by atoms with van der Waals surface area (Å²) in [5.74, 6) is -1.51. The molecule has 1 aliphatic heterocycles. The lowest BCUT2D eigenvalue weighted by molar-refractivity contribution is -0.140. The second-order valence-electron chi connectivity index (χ2n) is 8.26. The van der Waals surface area contributed by atoms with Crippen molar-refractivity contribution in [2.24, 2.45) is 0 Å². The van der Waals surface area contributed by atoms with E-state index in [0.29, 0.717) is 17.7 Å². The lowest BCUT2D eigenvalue weighted by Crippen LogP contribution is -2.29. The number of aryl methyl sites for hydroxylation is 2. The highest BCUT2D eigenvalue weighted by Crippen LogP contribution is 2.42. The Hall–Kier alpha value is -4.13. The molecular weight excluding hydrogens is 432 g/mol. The molecule has 1 amide bonds. The highest BCUT2D eigenvalue weighted by atomic mass is 16.5. The molecular formula is C27H26N2O5. The molecule has 7 nitrogen and oxygen atoms in total. The van der Waals surface area contributed by atoms with Crippen LogP contribution in [-0.4, -0.2) is 38.4 Å². The number of ketones is 1. The van der Waals surface area contributed by atoms with Gasteiger partial charge in [-0.2, -0.15) is 0 Å². The number of benzene rings is 2. The first-order valence-corrected chi connectivity index (χ1v) is 11.0. The van der Waals surface area contributed by atoms with Crippen LogP contribution in [0.15, 0.2) is 66.5 Å². The van der Waals surface area contributed by atoms with Crippen LogP contribution in [0.3, 0.4) is 0 Å². The number of likely N-dealkylation sites (tertiary alicyclic amines) is 1. The number of aliphatic hydroxyl groups excluding tert-OH is 1. The first kappa shape index (κ1) is 23.0. The maximum absolute atomic E-state index is 13.3. The molecule has 0 radical (unpaired) electrons. The SMILES string of the molecule is CCOc1cc(C2/C(=C(\O)c3cc(C)ccc3C)C(=O)C(=O)N2Cc2ccncc2)ccc1O. The number of carbonyl (C=O) groups excluding carboxylic acids is 2. The number of Topliss-reactive ketones (excluding diaryl/α,β-unsaturated/α-hetero) is 1. The van der Waals surface area contributed by atoms with Gasteiger partial charge in [-0.25, -0.2) is 0 Å². The monoisotopic (exact) mass is 458 g/mol. The van der Waals surface area contributed by atoms with E-state index in [0.717, 1.165) is 16.7 Å². The van der Waals surface area contributed by atoms with Crippen LogP contribution in [-0.2, 0) is 16.1 Å². The normalized spacial score (nSPS) is 17.3. The molecule has 1 aromatic heterocycles. The van der Waals surface area contributed by atoms with Crippen LogP contribution >= 0.6 is 0 Å². The average Bonchev–Trinajstić information content (AvgIpc) is 3.07. The third kappa shape index (κ3) is 4.24. The smallest absolute Gasteiger partial charge is 0.295 e. The number of hydrogen-bond acceptors (Lipinski definition) is 6. The molecule has 2 N–H and O–H groups in total. The van der Waals surface area contributed by atoms with Crippen molar-refractivity contribution in [3.63, 3.8) is 0 Å². The van der Waals surface area contributed by atoms with Gasteiger partial charge < -0.3 is 19.8 Å². The summed E-state index contributed by atoms with van der Waals surface area (Å²) in [5, 5.41) is 21.5. The maximum atomic E-state index is 13.3. The van der Waals surface area contributed by atoms with Crippen LogP contribution in [0.25, 0.3) is 5.76 Å². The second-order valence-corrected chi connectivity index (χ2v) is 8.26. The van der Waals surface area contributed by atoms with Gasteiger partial charge in [0.05, 0.1) is 18.2 Å². The molecule has 4 rings (SSSR count). The fourth-order valence-electron chi connectivity index (χ4n) is 4.18. The second kappa shape index (κ2) is 9.39. The van der Waals surface area contributed by atoms with Gasteiger partial charge in [0.25, 0.3) is 11.7 Å². The molecule has 7 heteroatoms. The van der Waals surface area contributed by atoms with Crippen molar-refractivity contribution in [3.8, 4) is 11.5 Å². The molecule has 0 bridgehead atoms. The number of aromatic nitrogens is 1. The van der Waals surface area contributed by atoms with Crippen LogP contribution < -0.4 is 4.74 Å². The molecule has 1 atom stereocenters. The van der Waals surface area contributed by atoms with Crippen molar-refractivity contribution in [2.45, 2.75) is 33.4 Å². The van der Waals surface area contributed by atoms with Crippen LogP contribution in [0.4, 0.5) is 0 Å².